The molecule has 2 aromatic carbocycles. The first-order valence-corrected chi connectivity index (χ1v) is 14.1. The molecular formula is C29H31ClF2N6O3. The Morgan fingerprint density at radius 3 is 2.54 bits per heavy atom. The van der Waals surface area contributed by atoms with Crippen molar-refractivity contribution in [3.8, 4) is 16.9 Å². The van der Waals surface area contributed by atoms with Crippen LogP contribution in [0.15, 0.2) is 36.9 Å². The Morgan fingerprint density at radius 2 is 1.85 bits per heavy atom. The monoisotopic (exact) mass is 584 g/mol. The van der Waals surface area contributed by atoms with Crippen molar-refractivity contribution < 1.29 is 23.4 Å². The smallest absolute Gasteiger partial charge is 0.246 e. The first kappa shape index (κ1) is 27.6. The lowest BCUT2D eigenvalue weighted by atomic mass is 10.00. The number of nitrogens with zero attached hydrogens (tertiary/aromatic N) is 5. The van der Waals surface area contributed by atoms with Gasteiger partial charge in [-0.05, 0) is 37.1 Å². The van der Waals surface area contributed by atoms with Gasteiger partial charge in [-0.2, -0.15) is 4.98 Å². The molecule has 6 rings (SSSR count). The molecule has 3 fully saturated rings. The molecule has 4 heterocycles. The number of piperazine rings is 1. The number of halogens is 3. The van der Waals surface area contributed by atoms with Crippen LogP contribution in [-0.2, 0) is 9.53 Å². The van der Waals surface area contributed by atoms with E-state index in [1.54, 1.807) is 4.90 Å². The van der Waals surface area contributed by atoms with Gasteiger partial charge >= 0.3 is 0 Å². The van der Waals surface area contributed by atoms with Crippen molar-refractivity contribution in [2.24, 2.45) is 0 Å². The summed E-state index contributed by atoms with van der Waals surface area (Å²) < 4.78 is 36.6. The van der Waals surface area contributed by atoms with Gasteiger partial charge in [-0.25, -0.2) is 13.8 Å². The largest absolute Gasteiger partial charge is 0.507 e. The highest BCUT2D eigenvalue weighted by molar-refractivity contribution is 6.34. The normalized spacial score (nSPS) is 18.9. The second-order valence-electron chi connectivity index (χ2n) is 10.6. The van der Waals surface area contributed by atoms with Crippen LogP contribution in [0.5, 0.6) is 5.75 Å². The summed E-state index contributed by atoms with van der Waals surface area (Å²) in [7, 11) is 0. The Balaban J connectivity index is 1.37. The number of fused-ring (bicyclic) bond motifs is 1. The fraction of sp³-hybridized carbons (Fsp3) is 0.414. The lowest BCUT2D eigenvalue weighted by molar-refractivity contribution is -0.126. The lowest BCUT2D eigenvalue weighted by Gasteiger charge is -2.45. The standard InChI is InChI=1S/C29H31ClF2N6O3/c1-2-23(40)36-8-10-37(11-9-36)28-19-14-20(30)24(25-21(31)4-3-5-22(25)39)26(32)27(19)34-29(35-28)33-17-15-38(16-17)18-6-12-41-13-7-18/h2-5,14,17-18,39H,1,6-13,15-16H2,(H,33,34,35). The lowest BCUT2D eigenvalue weighted by Crippen LogP contribution is -2.59. The number of rotatable bonds is 6. The van der Waals surface area contributed by atoms with Gasteiger partial charge in [0.15, 0.2) is 5.82 Å². The maximum absolute atomic E-state index is 16.3. The van der Waals surface area contributed by atoms with Crippen LogP contribution in [0, 0.1) is 11.6 Å². The van der Waals surface area contributed by atoms with E-state index in [-0.39, 0.29) is 39.6 Å². The Labute approximate surface area is 241 Å². The number of anilines is 2. The van der Waals surface area contributed by atoms with E-state index in [1.807, 2.05) is 4.90 Å². The van der Waals surface area contributed by atoms with Crippen LogP contribution in [0.1, 0.15) is 12.8 Å². The zero-order chi connectivity index (χ0) is 28.7. The maximum Gasteiger partial charge on any atom is 0.246 e. The first-order valence-electron chi connectivity index (χ1n) is 13.8. The Bertz CT molecular complexity index is 1470. The summed E-state index contributed by atoms with van der Waals surface area (Å²) in [6.45, 7) is 8.52. The number of aromatic hydroxyl groups is 1. The predicted octanol–water partition coefficient (Wildman–Crippen LogP) is 4.04. The molecule has 41 heavy (non-hydrogen) atoms. The highest BCUT2D eigenvalue weighted by Crippen LogP contribution is 2.42. The van der Waals surface area contributed by atoms with Gasteiger partial charge in [0.25, 0.3) is 0 Å². The molecule has 12 heteroatoms. The van der Waals surface area contributed by atoms with E-state index in [0.29, 0.717) is 43.4 Å². The summed E-state index contributed by atoms with van der Waals surface area (Å²) in [6, 6.07) is 5.83. The molecule has 1 aromatic heterocycles. The molecule has 9 nitrogen and oxygen atoms in total. The number of carbonyl (C=O) groups excluding carboxylic acids is 1. The van der Waals surface area contributed by atoms with Gasteiger partial charge in [0.1, 0.15) is 22.9 Å². The van der Waals surface area contributed by atoms with Gasteiger partial charge in [-0.15, -0.1) is 0 Å². The second kappa shape index (κ2) is 11.4. The highest BCUT2D eigenvalue weighted by atomic mass is 35.5. The van der Waals surface area contributed by atoms with Gasteiger partial charge in [0, 0.05) is 69.5 Å². The van der Waals surface area contributed by atoms with E-state index in [1.165, 1.54) is 24.3 Å². The number of hydrogen-bond donors (Lipinski definition) is 2. The third-order valence-corrected chi connectivity index (χ3v) is 8.42. The zero-order valence-electron chi connectivity index (χ0n) is 22.5. The minimum absolute atomic E-state index is 0.0373. The van der Waals surface area contributed by atoms with Gasteiger partial charge in [-0.1, -0.05) is 24.2 Å². The number of likely N-dealkylation sites (tertiary alicyclic amines) is 1. The van der Waals surface area contributed by atoms with E-state index in [2.05, 4.69) is 21.8 Å². The number of benzene rings is 2. The van der Waals surface area contributed by atoms with Crippen molar-refractivity contribution in [1.82, 2.24) is 19.8 Å². The summed E-state index contributed by atoms with van der Waals surface area (Å²) in [5, 5.41) is 14.0. The van der Waals surface area contributed by atoms with Crippen molar-refractivity contribution in [2.75, 3.05) is 62.7 Å². The molecule has 216 valence electrons. The number of phenolic OH excluding ortho intramolecular Hbond substituents is 1. The molecular weight excluding hydrogens is 554 g/mol. The summed E-state index contributed by atoms with van der Waals surface area (Å²) in [4.78, 5) is 27.5. The third-order valence-electron chi connectivity index (χ3n) is 8.12. The summed E-state index contributed by atoms with van der Waals surface area (Å²) in [5.74, 6) is -1.51. The van der Waals surface area contributed by atoms with E-state index < -0.39 is 17.4 Å². The average molecular weight is 585 g/mol. The SMILES string of the molecule is C=CC(=O)N1CCN(c2nc(NC3CN(C4CCOCC4)C3)nc3c(F)c(-c4c(O)cccc4F)c(Cl)cc23)CC1. The molecule has 3 saturated heterocycles. The second-order valence-corrected chi connectivity index (χ2v) is 11.0. The van der Waals surface area contributed by atoms with Crippen molar-refractivity contribution >= 4 is 40.2 Å². The molecule has 3 aliphatic rings. The zero-order valence-corrected chi connectivity index (χ0v) is 23.2. The summed E-state index contributed by atoms with van der Waals surface area (Å²) in [5.41, 5.74) is -0.625. The number of nitrogens with one attached hydrogen (secondary N) is 1. The molecule has 0 saturated carbocycles. The van der Waals surface area contributed by atoms with Gasteiger partial charge < -0.3 is 25.0 Å². The molecule has 1 amide bonds. The quantitative estimate of drug-likeness (QED) is 0.419. The predicted molar refractivity (Wildman–Crippen MR) is 153 cm³/mol. The summed E-state index contributed by atoms with van der Waals surface area (Å²) >= 11 is 6.54. The maximum atomic E-state index is 16.3. The third kappa shape index (κ3) is 5.29. The van der Waals surface area contributed by atoms with Gasteiger partial charge in [0.2, 0.25) is 11.9 Å². The Hall–Kier alpha value is -3.54. The van der Waals surface area contributed by atoms with Crippen LogP contribution in [0.3, 0.4) is 0 Å². The van der Waals surface area contributed by atoms with Crippen molar-refractivity contribution in [3.63, 3.8) is 0 Å². The fourth-order valence-electron chi connectivity index (χ4n) is 5.88. The van der Waals surface area contributed by atoms with Crippen LogP contribution in [0.25, 0.3) is 22.0 Å². The Morgan fingerprint density at radius 1 is 1.12 bits per heavy atom. The molecule has 3 aliphatic heterocycles. The van der Waals surface area contributed by atoms with Crippen LogP contribution in [0.2, 0.25) is 5.02 Å². The minimum Gasteiger partial charge on any atom is -0.507 e. The van der Waals surface area contributed by atoms with Crippen LogP contribution < -0.4 is 10.2 Å². The average Bonchev–Trinajstić information content (AvgIpc) is 2.96. The van der Waals surface area contributed by atoms with Gasteiger partial charge in [-0.3, -0.25) is 9.69 Å². The number of amides is 1. The molecule has 0 spiro atoms. The molecule has 0 aliphatic carbocycles. The molecule has 0 atom stereocenters. The van der Waals surface area contributed by atoms with Crippen LogP contribution in [-0.4, -0.2) is 95.3 Å². The van der Waals surface area contributed by atoms with Crippen molar-refractivity contribution in [2.45, 2.75) is 24.9 Å². The molecule has 0 unspecified atom stereocenters. The molecule has 2 N–H and O–H groups in total. The van der Waals surface area contributed by atoms with E-state index in [0.717, 1.165) is 45.2 Å². The summed E-state index contributed by atoms with van der Waals surface area (Å²) in [6.07, 6.45) is 3.29. The number of aromatic nitrogens is 2. The number of ether oxygens (including phenoxy) is 1. The molecule has 3 aromatic rings. The highest BCUT2D eigenvalue weighted by Gasteiger charge is 2.34. The number of carbonyl (C=O) groups is 1. The topological polar surface area (TPSA) is 94.1 Å². The van der Waals surface area contributed by atoms with Crippen molar-refractivity contribution in [1.29, 1.82) is 0 Å². The molecule has 0 bridgehead atoms. The van der Waals surface area contributed by atoms with E-state index in [4.69, 9.17) is 21.3 Å². The van der Waals surface area contributed by atoms with Crippen LogP contribution >= 0.6 is 11.6 Å². The number of hydrogen-bond acceptors (Lipinski definition) is 8. The van der Waals surface area contributed by atoms with Gasteiger partial charge in [0.05, 0.1) is 16.6 Å². The van der Waals surface area contributed by atoms with E-state index in [9.17, 15) is 14.3 Å². The van der Waals surface area contributed by atoms with Crippen LogP contribution in [0.4, 0.5) is 20.5 Å². The number of phenols is 1. The molecule has 0 radical (unpaired) electrons. The minimum atomic E-state index is -0.850. The van der Waals surface area contributed by atoms with Crippen molar-refractivity contribution in [3.05, 3.63) is 53.6 Å². The van der Waals surface area contributed by atoms with E-state index >= 15 is 4.39 Å². The fourth-order valence-corrected chi connectivity index (χ4v) is 6.16. The first-order chi connectivity index (χ1) is 19.8. The Kier molecular flexibility index (Phi) is 7.67.